The second-order valence-electron chi connectivity index (χ2n) is 4.84. The van der Waals surface area contributed by atoms with Gasteiger partial charge in [-0.25, -0.2) is 4.79 Å². The molecular formula is C10H19NO4. The van der Waals surface area contributed by atoms with E-state index in [9.17, 15) is 9.90 Å². The minimum absolute atomic E-state index is 0.113. The Hall–Kier alpha value is -0.810. The molecule has 5 nitrogen and oxygen atoms in total. The summed E-state index contributed by atoms with van der Waals surface area (Å²) < 4.78 is 10.1. The van der Waals surface area contributed by atoms with Gasteiger partial charge in [-0.1, -0.05) is 6.92 Å². The summed E-state index contributed by atoms with van der Waals surface area (Å²) in [4.78, 5) is 11.4. The first kappa shape index (κ1) is 12.3. The Balaban J connectivity index is 2.39. The van der Waals surface area contributed by atoms with Crippen LogP contribution in [0.4, 0.5) is 4.79 Å². The second kappa shape index (κ2) is 4.37. The maximum absolute atomic E-state index is 11.4. The monoisotopic (exact) mass is 217 g/mol. The van der Waals surface area contributed by atoms with Gasteiger partial charge in [-0.3, -0.25) is 0 Å². The first-order valence-corrected chi connectivity index (χ1v) is 5.09. The molecule has 1 unspecified atom stereocenters. The Morgan fingerprint density at radius 1 is 1.53 bits per heavy atom. The first-order chi connectivity index (χ1) is 6.79. The van der Waals surface area contributed by atoms with Crippen molar-refractivity contribution in [2.45, 2.75) is 45.6 Å². The normalized spacial score (nSPS) is 31.4. The average Bonchev–Trinajstić information content (AvgIpc) is 2.32. The van der Waals surface area contributed by atoms with Gasteiger partial charge in [-0.2, -0.15) is 0 Å². The van der Waals surface area contributed by atoms with Crippen LogP contribution in [0.5, 0.6) is 0 Å². The van der Waals surface area contributed by atoms with Crippen molar-refractivity contribution in [1.29, 1.82) is 0 Å². The van der Waals surface area contributed by atoms with Crippen LogP contribution >= 0.6 is 0 Å². The van der Waals surface area contributed by atoms with Gasteiger partial charge in [0.05, 0.1) is 12.6 Å². The summed E-state index contributed by atoms with van der Waals surface area (Å²) >= 11 is 0. The topological polar surface area (TPSA) is 67.8 Å². The highest BCUT2D eigenvalue weighted by Crippen LogP contribution is 2.19. The molecule has 0 radical (unpaired) electrons. The Morgan fingerprint density at radius 2 is 2.13 bits per heavy atom. The van der Waals surface area contributed by atoms with Gasteiger partial charge >= 0.3 is 6.09 Å². The molecule has 1 saturated heterocycles. The maximum atomic E-state index is 11.4. The van der Waals surface area contributed by atoms with Gasteiger partial charge in [0.15, 0.2) is 6.29 Å². The zero-order chi connectivity index (χ0) is 11.6. The highest BCUT2D eigenvalue weighted by Gasteiger charge is 2.34. The van der Waals surface area contributed by atoms with Gasteiger partial charge in [0.1, 0.15) is 5.60 Å². The minimum atomic E-state index is -0.801. The fourth-order valence-corrected chi connectivity index (χ4v) is 1.34. The lowest BCUT2D eigenvalue weighted by Crippen LogP contribution is -2.42. The van der Waals surface area contributed by atoms with Gasteiger partial charge in [-0.15, -0.1) is 0 Å². The summed E-state index contributed by atoms with van der Waals surface area (Å²) in [5.41, 5.74) is -0.509. The van der Waals surface area contributed by atoms with Gasteiger partial charge < -0.3 is 19.9 Å². The molecule has 2 N–H and O–H groups in total. The average molecular weight is 217 g/mol. The highest BCUT2D eigenvalue weighted by atomic mass is 16.6. The van der Waals surface area contributed by atoms with E-state index in [4.69, 9.17) is 9.47 Å². The van der Waals surface area contributed by atoms with Crippen molar-refractivity contribution in [1.82, 2.24) is 5.32 Å². The summed E-state index contributed by atoms with van der Waals surface area (Å²) in [7, 11) is 0. The second-order valence-corrected chi connectivity index (χ2v) is 4.84. The Bertz CT molecular complexity index is 236. The third-order valence-corrected chi connectivity index (χ3v) is 2.23. The van der Waals surface area contributed by atoms with E-state index in [1.54, 1.807) is 20.8 Å². The SMILES string of the molecule is C[C@@H]1C(O)OC[C@H]1NC(=O)OC(C)(C)C. The van der Waals surface area contributed by atoms with Crippen LogP contribution in [-0.4, -0.2) is 35.7 Å². The van der Waals surface area contributed by atoms with Gasteiger partial charge in [0, 0.05) is 5.92 Å². The van der Waals surface area contributed by atoms with E-state index in [1.165, 1.54) is 0 Å². The van der Waals surface area contributed by atoms with Crippen molar-refractivity contribution < 1.29 is 19.4 Å². The van der Waals surface area contributed by atoms with Crippen LogP contribution in [0.1, 0.15) is 27.7 Å². The number of nitrogens with one attached hydrogen (secondary N) is 1. The van der Waals surface area contributed by atoms with Crippen molar-refractivity contribution in [2.24, 2.45) is 5.92 Å². The third kappa shape index (κ3) is 3.68. The van der Waals surface area contributed by atoms with Crippen molar-refractivity contribution in [3.8, 4) is 0 Å². The van der Waals surface area contributed by atoms with Crippen LogP contribution in [-0.2, 0) is 9.47 Å². The maximum Gasteiger partial charge on any atom is 0.407 e. The number of ether oxygens (including phenoxy) is 2. The lowest BCUT2D eigenvalue weighted by atomic mass is 10.1. The zero-order valence-corrected chi connectivity index (χ0v) is 9.61. The number of rotatable bonds is 1. The van der Waals surface area contributed by atoms with E-state index in [0.717, 1.165) is 0 Å². The molecule has 0 aromatic rings. The first-order valence-electron chi connectivity index (χ1n) is 5.09. The molecule has 1 heterocycles. The molecule has 3 atom stereocenters. The van der Waals surface area contributed by atoms with Crippen LogP contribution < -0.4 is 5.32 Å². The molecule has 0 saturated carbocycles. The van der Waals surface area contributed by atoms with Gasteiger partial charge in [-0.05, 0) is 20.8 Å². The molecule has 1 aliphatic heterocycles. The van der Waals surface area contributed by atoms with Crippen molar-refractivity contribution in [2.75, 3.05) is 6.61 Å². The molecule has 1 amide bonds. The van der Waals surface area contributed by atoms with E-state index in [2.05, 4.69) is 5.32 Å². The Morgan fingerprint density at radius 3 is 2.53 bits per heavy atom. The molecule has 15 heavy (non-hydrogen) atoms. The summed E-state index contributed by atoms with van der Waals surface area (Å²) in [6.45, 7) is 7.54. The molecule has 5 heteroatoms. The predicted molar refractivity (Wildman–Crippen MR) is 54.3 cm³/mol. The number of alkyl carbamates (subject to hydrolysis) is 1. The van der Waals surface area contributed by atoms with Crippen LogP contribution in [0.25, 0.3) is 0 Å². The molecule has 0 aliphatic carbocycles. The summed E-state index contributed by atoms with van der Waals surface area (Å²) in [5.74, 6) is -0.113. The summed E-state index contributed by atoms with van der Waals surface area (Å²) in [6.07, 6.45) is -1.28. The molecule has 0 spiro atoms. The number of aliphatic hydroxyl groups is 1. The van der Waals surface area contributed by atoms with Crippen LogP contribution in [0.15, 0.2) is 0 Å². The lowest BCUT2D eigenvalue weighted by molar-refractivity contribution is -0.0786. The number of carbonyl (C=O) groups excluding carboxylic acids is 1. The van der Waals surface area contributed by atoms with Gasteiger partial charge in [0.2, 0.25) is 0 Å². The summed E-state index contributed by atoms with van der Waals surface area (Å²) in [6, 6.07) is -0.185. The standard InChI is InChI=1S/C10H19NO4/c1-6-7(5-14-8(6)12)11-9(13)15-10(2,3)4/h6-8,12H,5H2,1-4H3,(H,11,13)/t6-,7+,8?/m0/s1. The smallest absolute Gasteiger partial charge is 0.407 e. The van der Waals surface area contributed by atoms with E-state index < -0.39 is 18.0 Å². The Labute approximate surface area is 89.8 Å². The fraction of sp³-hybridized carbons (Fsp3) is 0.900. The zero-order valence-electron chi connectivity index (χ0n) is 9.61. The van der Waals surface area contributed by atoms with Crippen LogP contribution in [0.2, 0.25) is 0 Å². The number of hydrogen-bond donors (Lipinski definition) is 2. The van der Waals surface area contributed by atoms with Crippen molar-refractivity contribution >= 4 is 6.09 Å². The number of carbonyl (C=O) groups is 1. The number of hydrogen-bond acceptors (Lipinski definition) is 4. The molecule has 0 bridgehead atoms. The number of amides is 1. The fourth-order valence-electron chi connectivity index (χ4n) is 1.34. The summed E-state index contributed by atoms with van der Waals surface area (Å²) in [5, 5.41) is 12.0. The van der Waals surface area contributed by atoms with Crippen molar-refractivity contribution in [3.05, 3.63) is 0 Å². The lowest BCUT2D eigenvalue weighted by Gasteiger charge is -2.22. The van der Waals surface area contributed by atoms with Gasteiger partial charge in [0.25, 0.3) is 0 Å². The molecule has 1 rings (SSSR count). The quantitative estimate of drug-likeness (QED) is 0.683. The highest BCUT2D eigenvalue weighted by molar-refractivity contribution is 5.68. The van der Waals surface area contributed by atoms with E-state index in [0.29, 0.717) is 6.61 Å². The van der Waals surface area contributed by atoms with Crippen molar-refractivity contribution in [3.63, 3.8) is 0 Å². The largest absolute Gasteiger partial charge is 0.444 e. The molecule has 1 aliphatic rings. The molecule has 1 fully saturated rings. The van der Waals surface area contributed by atoms with E-state index in [1.807, 2.05) is 6.92 Å². The molecule has 88 valence electrons. The van der Waals surface area contributed by atoms with Crippen LogP contribution in [0, 0.1) is 5.92 Å². The molecular weight excluding hydrogens is 198 g/mol. The van der Waals surface area contributed by atoms with Crippen LogP contribution in [0.3, 0.4) is 0 Å². The Kier molecular flexibility index (Phi) is 3.57. The van der Waals surface area contributed by atoms with E-state index >= 15 is 0 Å². The molecule has 0 aromatic heterocycles. The predicted octanol–water partition coefficient (Wildman–Crippen LogP) is 0.864. The third-order valence-electron chi connectivity index (χ3n) is 2.23. The number of aliphatic hydroxyl groups excluding tert-OH is 1. The molecule has 0 aromatic carbocycles. The minimum Gasteiger partial charge on any atom is -0.444 e. The van der Waals surface area contributed by atoms with E-state index in [-0.39, 0.29) is 12.0 Å².